The van der Waals surface area contributed by atoms with Crippen LogP contribution in [0.5, 0.6) is 5.75 Å². The Kier molecular flexibility index (Phi) is 7.68. The van der Waals surface area contributed by atoms with Crippen molar-refractivity contribution in [3.05, 3.63) is 36.7 Å². The van der Waals surface area contributed by atoms with Gasteiger partial charge < -0.3 is 10.1 Å². The summed E-state index contributed by atoms with van der Waals surface area (Å²) in [5.41, 5.74) is 0.678. The Labute approximate surface area is 148 Å². The highest BCUT2D eigenvalue weighted by molar-refractivity contribution is 7.89. The Bertz CT molecular complexity index is 749. The van der Waals surface area contributed by atoms with Gasteiger partial charge in [-0.25, -0.2) is 17.8 Å². The lowest BCUT2D eigenvalue weighted by atomic mass is 10.3. The number of hydrogen-bond acceptors (Lipinski definition) is 5. The van der Waals surface area contributed by atoms with E-state index in [1.165, 1.54) is 17.1 Å². The Hall–Kier alpha value is -1.61. The molecule has 1 aromatic carbocycles. The summed E-state index contributed by atoms with van der Waals surface area (Å²) >= 11 is 0. The summed E-state index contributed by atoms with van der Waals surface area (Å²) in [6.45, 7) is 5.00. The first-order valence-corrected chi connectivity index (χ1v) is 8.87. The van der Waals surface area contributed by atoms with E-state index < -0.39 is 10.0 Å². The molecule has 0 aliphatic heterocycles. The molecule has 7 nitrogen and oxygen atoms in total. The normalized spacial score (nSPS) is 12.5. The summed E-state index contributed by atoms with van der Waals surface area (Å²) in [4.78, 5) is 0.118. The van der Waals surface area contributed by atoms with E-state index in [1.807, 2.05) is 32.0 Å². The zero-order chi connectivity index (χ0) is 16.9. The molecule has 24 heavy (non-hydrogen) atoms. The van der Waals surface area contributed by atoms with E-state index in [0.717, 1.165) is 6.54 Å². The first-order chi connectivity index (χ1) is 11.0. The highest BCUT2D eigenvalue weighted by Crippen LogP contribution is 2.22. The van der Waals surface area contributed by atoms with E-state index in [0.29, 0.717) is 18.0 Å². The number of nitrogens with one attached hydrogen (secondary N) is 2. The fraction of sp³-hybridized carbons (Fsp3) is 0.400. The smallest absolute Gasteiger partial charge is 0.243 e. The van der Waals surface area contributed by atoms with E-state index in [4.69, 9.17) is 4.74 Å². The zero-order valence-corrected chi connectivity index (χ0v) is 15.5. The number of ether oxygens (including phenoxy) is 1. The minimum absolute atomic E-state index is 0. The second-order valence-electron chi connectivity index (χ2n) is 5.10. The first kappa shape index (κ1) is 20.4. The molecule has 0 aliphatic carbocycles. The number of halogens is 1. The highest BCUT2D eigenvalue weighted by atomic mass is 35.5. The van der Waals surface area contributed by atoms with Gasteiger partial charge >= 0.3 is 0 Å². The number of likely N-dealkylation sites (N-methyl/N-ethyl adjacent to an activating group) is 1. The van der Waals surface area contributed by atoms with Gasteiger partial charge in [-0.2, -0.15) is 5.10 Å². The molecule has 0 saturated heterocycles. The van der Waals surface area contributed by atoms with Crippen LogP contribution in [0.1, 0.15) is 13.8 Å². The fourth-order valence-electron chi connectivity index (χ4n) is 2.13. The lowest BCUT2D eigenvalue weighted by molar-refractivity contribution is 0.411. The van der Waals surface area contributed by atoms with Crippen molar-refractivity contribution < 1.29 is 13.2 Å². The molecule has 1 atom stereocenters. The van der Waals surface area contributed by atoms with Gasteiger partial charge in [0, 0.05) is 12.6 Å². The molecule has 0 fully saturated rings. The molecule has 0 unspecified atom stereocenters. The lowest BCUT2D eigenvalue weighted by Gasteiger charge is -2.12. The lowest BCUT2D eigenvalue weighted by Crippen LogP contribution is -2.38. The van der Waals surface area contributed by atoms with Crippen LogP contribution in [-0.4, -0.2) is 44.4 Å². The van der Waals surface area contributed by atoms with Gasteiger partial charge in [-0.1, -0.05) is 19.1 Å². The number of aromatic nitrogens is 2. The van der Waals surface area contributed by atoms with E-state index in [2.05, 4.69) is 15.1 Å². The number of para-hydroxylation sites is 2. The molecule has 2 rings (SSSR count). The summed E-state index contributed by atoms with van der Waals surface area (Å²) in [5, 5.41) is 7.28. The molecule has 0 aliphatic rings. The predicted octanol–water partition coefficient (Wildman–Crippen LogP) is 1.58. The maximum atomic E-state index is 12.3. The van der Waals surface area contributed by atoms with Crippen molar-refractivity contribution >= 4 is 22.4 Å². The van der Waals surface area contributed by atoms with Crippen LogP contribution in [-0.2, 0) is 10.0 Å². The van der Waals surface area contributed by atoms with Gasteiger partial charge in [-0.3, -0.25) is 0 Å². The number of benzene rings is 1. The molecule has 1 aromatic heterocycles. The maximum absolute atomic E-state index is 12.3. The van der Waals surface area contributed by atoms with Crippen LogP contribution in [0.15, 0.2) is 41.6 Å². The molecule has 1 heterocycles. The zero-order valence-electron chi connectivity index (χ0n) is 13.9. The van der Waals surface area contributed by atoms with Gasteiger partial charge in [0.05, 0.1) is 19.5 Å². The van der Waals surface area contributed by atoms with E-state index >= 15 is 0 Å². The van der Waals surface area contributed by atoms with Crippen LogP contribution in [0.25, 0.3) is 5.69 Å². The summed E-state index contributed by atoms with van der Waals surface area (Å²) in [7, 11) is -2.04. The van der Waals surface area contributed by atoms with Crippen molar-refractivity contribution in [2.75, 3.05) is 20.2 Å². The molecule has 0 saturated carbocycles. The minimum atomic E-state index is -3.59. The van der Waals surface area contributed by atoms with Crippen LogP contribution in [0, 0.1) is 0 Å². The minimum Gasteiger partial charge on any atom is -0.494 e. The largest absolute Gasteiger partial charge is 0.494 e. The molecule has 134 valence electrons. The second-order valence-corrected chi connectivity index (χ2v) is 6.87. The third kappa shape index (κ3) is 4.94. The highest BCUT2D eigenvalue weighted by Gasteiger charge is 2.18. The third-order valence-corrected chi connectivity index (χ3v) is 4.71. The Morgan fingerprint density at radius 3 is 2.71 bits per heavy atom. The number of rotatable bonds is 8. The van der Waals surface area contributed by atoms with Gasteiger partial charge in [0.2, 0.25) is 10.0 Å². The molecular formula is C15H23ClN4O3S. The third-order valence-electron chi connectivity index (χ3n) is 3.33. The van der Waals surface area contributed by atoms with Crippen molar-refractivity contribution in [3.8, 4) is 11.4 Å². The predicted molar refractivity (Wildman–Crippen MR) is 95.7 cm³/mol. The molecule has 0 radical (unpaired) electrons. The Balaban J connectivity index is 0.00000288. The molecule has 0 amide bonds. The molecule has 9 heteroatoms. The molecule has 0 bridgehead atoms. The maximum Gasteiger partial charge on any atom is 0.243 e. The van der Waals surface area contributed by atoms with Crippen LogP contribution >= 0.6 is 12.4 Å². The fourth-order valence-corrected chi connectivity index (χ4v) is 3.20. The summed E-state index contributed by atoms with van der Waals surface area (Å²) < 4.78 is 34.0. The molecular weight excluding hydrogens is 352 g/mol. The average Bonchev–Trinajstić information content (AvgIpc) is 3.04. The summed E-state index contributed by atoms with van der Waals surface area (Å²) in [6.07, 6.45) is 2.80. The van der Waals surface area contributed by atoms with Crippen molar-refractivity contribution in [2.24, 2.45) is 0 Å². The van der Waals surface area contributed by atoms with E-state index in [1.54, 1.807) is 13.2 Å². The average molecular weight is 375 g/mol. The van der Waals surface area contributed by atoms with Crippen LogP contribution < -0.4 is 14.8 Å². The van der Waals surface area contributed by atoms with Gasteiger partial charge in [0.15, 0.2) is 0 Å². The van der Waals surface area contributed by atoms with Crippen LogP contribution in [0.3, 0.4) is 0 Å². The van der Waals surface area contributed by atoms with Gasteiger partial charge in [0.1, 0.15) is 16.3 Å². The second kappa shape index (κ2) is 9.03. The number of hydrogen-bond donors (Lipinski definition) is 2. The molecule has 0 spiro atoms. The van der Waals surface area contributed by atoms with Gasteiger partial charge in [0.25, 0.3) is 0 Å². The Morgan fingerprint density at radius 2 is 2.04 bits per heavy atom. The van der Waals surface area contributed by atoms with Crippen molar-refractivity contribution in [3.63, 3.8) is 0 Å². The quantitative estimate of drug-likeness (QED) is 0.732. The van der Waals surface area contributed by atoms with Crippen molar-refractivity contribution in [1.82, 2.24) is 19.8 Å². The van der Waals surface area contributed by atoms with E-state index in [-0.39, 0.29) is 23.3 Å². The van der Waals surface area contributed by atoms with Crippen LogP contribution in [0.2, 0.25) is 0 Å². The number of methoxy groups -OCH3 is 1. The molecule has 2 aromatic rings. The van der Waals surface area contributed by atoms with Crippen molar-refractivity contribution in [2.45, 2.75) is 24.8 Å². The summed E-state index contributed by atoms with van der Waals surface area (Å²) in [6, 6.07) is 7.33. The summed E-state index contributed by atoms with van der Waals surface area (Å²) in [5.74, 6) is 0.619. The SMILES string of the molecule is CCN[C@H](C)CNS(=O)(=O)c1cnn(-c2ccccc2OC)c1.Cl. The van der Waals surface area contributed by atoms with Gasteiger partial charge in [-0.05, 0) is 25.6 Å². The number of nitrogens with zero attached hydrogens (tertiary/aromatic N) is 2. The van der Waals surface area contributed by atoms with Gasteiger partial charge in [-0.15, -0.1) is 12.4 Å². The van der Waals surface area contributed by atoms with Crippen molar-refractivity contribution in [1.29, 1.82) is 0 Å². The number of sulfonamides is 1. The first-order valence-electron chi connectivity index (χ1n) is 7.39. The van der Waals surface area contributed by atoms with E-state index in [9.17, 15) is 8.42 Å². The van der Waals surface area contributed by atoms with Crippen LogP contribution in [0.4, 0.5) is 0 Å². The monoisotopic (exact) mass is 374 g/mol. The standard InChI is InChI=1S/C15H22N4O3S.ClH/c1-4-16-12(2)9-18-23(20,21)13-10-17-19(11-13)14-7-5-6-8-15(14)22-3;/h5-8,10-12,16,18H,4,9H2,1-3H3;1H/t12-;/m1./s1. The Morgan fingerprint density at radius 1 is 1.33 bits per heavy atom. The topological polar surface area (TPSA) is 85.3 Å². The molecule has 2 N–H and O–H groups in total.